The molecule has 210 valence electrons. The van der Waals surface area contributed by atoms with Gasteiger partial charge >= 0.3 is 5.97 Å². The van der Waals surface area contributed by atoms with Crippen molar-refractivity contribution in [2.45, 2.75) is 110 Å². The predicted molar refractivity (Wildman–Crippen MR) is 149 cm³/mol. The summed E-state index contributed by atoms with van der Waals surface area (Å²) < 4.78 is 18.5. The second-order valence-electron chi connectivity index (χ2n) is 14.4. The molecule has 7 heteroatoms. The van der Waals surface area contributed by atoms with Gasteiger partial charge in [-0.2, -0.15) is 0 Å². The van der Waals surface area contributed by atoms with E-state index in [0.29, 0.717) is 6.42 Å². The smallest absolute Gasteiger partial charge is 0.305 e. The van der Waals surface area contributed by atoms with Crippen molar-refractivity contribution in [2.75, 3.05) is 6.61 Å². The maximum Gasteiger partial charge on any atom is 0.305 e. The molecule has 0 radical (unpaired) electrons. The molecule has 3 fully saturated rings. The van der Waals surface area contributed by atoms with Gasteiger partial charge in [0.15, 0.2) is 6.61 Å². The van der Waals surface area contributed by atoms with E-state index in [4.69, 9.17) is 13.9 Å². The summed E-state index contributed by atoms with van der Waals surface area (Å²) in [7, 11) is -1.96. The molecule has 4 aliphatic carbocycles. The Labute approximate surface area is 229 Å². The zero-order chi connectivity index (χ0) is 28.1. The Morgan fingerprint density at radius 2 is 1.89 bits per heavy atom. The third kappa shape index (κ3) is 3.50. The Bertz CT molecular complexity index is 1150. The van der Waals surface area contributed by atoms with Gasteiger partial charge in [0.1, 0.15) is 17.0 Å². The van der Waals surface area contributed by atoms with Crippen LogP contribution in [0, 0.1) is 28.6 Å². The number of hydrogen-bond acceptors (Lipinski definition) is 6. The zero-order valence-corrected chi connectivity index (χ0v) is 25.6. The molecule has 0 unspecified atom stereocenters. The lowest BCUT2D eigenvalue weighted by atomic mass is 9.48. The number of ketones is 1. The van der Waals surface area contributed by atoms with Crippen molar-refractivity contribution >= 4 is 20.1 Å². The molecule has 1 spiro atoms. The van der Waals surface area contributed by atoms with Crippen LogP contribution < -0.4 is 0 Å². The maximum absolute atomic E-state index is 13.4. The molecule has 1 heterocycles. The average molecular weight is 543 g/mol. The summed E-state index contributed by atoms with van der Waals surface area (Å²) in [4.78, 5) is 25.2. The van der Waals surface area contributed by atoms with Crippen LogP contribution in [0.3, 0.4) is 0 Å². The summed E-state index contributed by atoms with van der Waals surface area (Å²) in [6.45, 7) is 19.0. The van der Waals surface area contributed by atoms with Crippen molar-refractivity contribution in [3.63, 3.8) is 0 Å². The lowest BCUT2D eigenvalue weighted by molar-refractivity contribution is -0.170. The van der Waals surface area contributed by atoms with E-state index in [9.17, 15) is 14.7 Å². The number of aliphatic hydroxyl groups is 1. The highest BCUT2D eigenvalue weighted by molar-refractivity contribution is 6.74. The molecule has 0 aromatic heterocycles. The number of Topliss-reactive ketones (excluding diaryl/α,β-unsaturated/α-hetero) is 1. The first-order valence-corrected chi connectivity index (χ1v) is 17.3. The van der Waals surface area contributed by atoms with Crippen LogP contribution in [-0.2, 0) is 23.5 Å². The number of esters is 1. The van der Waals surface area contributed by atoms with E-state index in [2.05, 4.69) is 72.0 Å². The maximum atomic E-state index is 13.4. The zero-order valence-electron chi connectivity index (χ0n) is 24.6. The number of fused-ring (bicyclic) bond motifs is 3. The molecule has 8 atom stereocenters. The highest BCUT2D eigenvalue weighted by Gasteiger charge is 2.81. The molecule has 1 saturated heterocycles. The largest absolute Gasteiger partial charge is 0.544 e. The third-order valence-corrected chi connectivity index (χ3v) is 15.9. The fourth-order valence-corrected chi connectivity index (χ4v) is 9.22. The van der Waals surface area contributed by atoms with Gasteiger partial charge in [0, 0.05) is 17.3 Å². The molecule has 0 aromatic rings. The number of allylic oxidation sites excluding steroid dienone is 3. The van der Waals surface area contributed by atoms with Crippen LogP contribution in [0.1, 0.15) is 74.1 Å². The first-order valence-electron chi connectivity index (χ1n) is 14.4. The van der Waals surface area contributed by atoms with E-state index in [1.807, 2.05) is 6.92 Å². The fraction of sp³-hybridized carbons (Fsp3) is 0.742. The van der Waals surface area contributed by atoms with E-state index in [0.717, 1.165) is 18.6 Å². The van der Waals surface area contributed by atoms with Gasteiger partial charge in [0.25, 0.3) is 0 Å². The van der Waals surface area contributed by atoms with E-state index < -0.39 is 25.3 Å². The minimum Gasteiger partial charge on any atom is -0.544 e. The summed E-state index contributed by atoms with van der Waals surface area (Å²) in [5.41, 5.74) is -1.54. The van der Waals surface area contributed by atoms with Crippen molar-refractivity contribution in [2.24, 2.45) is 28.6 Å². The number of epoxide rings is 1. The SMILES string of the molecule is CCC(=O)OCC(=O)[C@@]1(O)[C@H](C)C[C@H]2[C@@H]3CC=C4C=C(O[Si](C)(C)C(C)(C)C)C=C[C@]4(C)[C@@]34O[C@H]4C[C@@]21C. The molecule has 2 saturated carbocycles. The van der Waals surface area contributed by atoms with E-state index in [-0.39, 0.29) is 58.7 Å². The first kappa shape index (κ1) is 27.8. The van der Waals surface area contributed by atoms with E-state index >= 15 is 0 Å². The number of carbonyl (C=O) groups excluding carboxylic acids is 2. The molecular weight excluding hydrogens is 496 g/mol. The minimum absolute atomic E-state index is 0.0359. The molecule has 5 rings (SSSR count). The number of ether oxygens (including phenoxy) is 2. The highest BCUT2D eigenvalue weighted by Crippen LogP contribution is 2.76. The van der Waals surface area contributed by atoms with Gasteiger partial charge in [-0.3, -0.25) is 9.59 Å². The van der Waals surface area contributed by atoms with Gasteiger partial charge in [-0.05, 0) is 79.8 Å². The Balaban J connectivity index is 1.44. The van der Waals surface area contributed by atoms with Crippen LogP contribution in [0.5, 0.6) is 0 Å². The van der Waals surface area contributed by atoms with E-state index in [1.54, 1.807) is 6.92 Å². The van der Waals surface area contributed by atoms with Gasteiger partial charge < -0.3 is 19.0 Å². The summed E-state index contributed by atoms with van der Waals surface area (Å²) in [5.74, 6) is 0.242. The van der Waals surface area contributed by atoms with Gasteiger partial charge in [-0.1, -0.05) is 53.7 Å². The number of carbonyl (C=O) groups is 2. The van der Waals surface area contributed by atoms with Crippen molar-refractivity contribution in [1.29, 1.82) is 0 Å². The van der Waals surface area contributed by atoms with Crippen LogP contribution in [-0.4, -0.2) is 49.1 Å². The van der Waals surface area contributed by atoms with Crippen molar-refractivity contribution < 1.29 is 28.6 Å². The monoisotopic (exact) mass is 542 g/mol. The van der Waals surface area contributed by atoms with Gasteiger partial charge in [0.05, 0.1) is 6.10 Å². The van der Waals surface area contributed by atoms with Crippen LogP contribution in [0.2, 0.25) is 18.1 Å². The van der Waals surface area contributed by atoms with Crippen molar-refractivity contribution in [3.8, 4) is 0 Å². The van der Waals surface area contributed by atoms with Crippen molar-refractivity contribution in [3.05, 3.63) is 35.6 Å². The second-order valence-corrected chi connectivity index (χ2v) is 19.1. The molecule has 38 heavy (non-hydrogen) atoms. The number of hydrogen-bond donors (Lipinski definition) is 1. The molecule has 6 nitrogen and oxygen atoms in total. The first-order chi connectivity index (χ1) is 17.5. The quantitative estimate of drug-likeness (QED) is 0.257. The molecule has 0 bridgehead atoms. The highest BCUT2D eigenvalue weighted by atomic mass is 28.4. The van der Waals surface area contributed by atoms with Gasteiger partial charge in [-0.15, -0.1) is 0 Å². The summed E-state index contributed by atoms with van der Waals surface area (Å²) in [6.07, 6.45) is 11.4. The fourth-order valence-electron chi connectivity index (χ4n) is 8.20. The Kier molecular flexibility index (Phi) is 6.16. The minimum atomic E-state index is -1.96. The molecule has 0 aromatic carbocycles. The van der Waals surface area contributed by atoms with Gasteiger partial charge in [0.2, 0.25) is 14.1 Å². The van der Waals surface area contributed by atoms with Crippen LogP contribution in [0.15, 0.2) is 35.6 Å². The van der Waals surface area contributed by atoms with Crippen LogP contribution >= 0.6 is 0 Å². The van der Waals surface area contributed by atoms with Gasteiger partial charge in [-0.25, -0.2) is 0 Å². The lowest BCUT2D eigenvalue weighted by Crippen LogP contribution is -2.62. The molecular formula is C31H46O6Si. The average Bonchev–Trinajstić information content (AvgIpc) is 3.51. The van der Waals surface area contributed by atoms with Crippen LogP contribution in [0.25, 0.3) is 0 Å². The molecule has 0 amide bonds. The second kappa shape index (κ2) is 8.40. The van der Waals surface area contributed by atoms with Crippen LogP contribution in [0.4, 0.5) is 0 Å². The Morgan fingerprint density at radius 1 is 1.21 bits per heavy atom. The lowest BCUT2D eigenvalue weighted by Gasteiger charge is -2.54. The Hall–Kier alpha value is -1.70. The summed E-state index contributed by atoms with van der Waals surface area (Å²) >= 11 is 0. The Morgan fingerprint density at radius 3 is 2.53 bits per heavy atom. The predicted octanol–water partition coefficient (Wildman–Crippen LogP) is 5.87. The third-order valence-electron chi connectivity index (χ3n) is 11.6. The normalized spacial score (nSPS) is 43.1. The summed E-state index contributed by atoms with van der Waals surface area (Å²) in [5, 5.41) is 12.2. The summed E-state index contributed by atoms with van der Waals surface area (Å²) in [6, 6.07) is 0. The van der Waals surface area contributed by atoms with E-state index in [1.165, 1.54) is 5.57 Å². The molecule has 1 aliphatic heterocycles. The topological polar surface area (TPSA) is 85.4 Å². The standard InChI is InChI=1S/C31H46O6Si/c1-10-26(33)35-18-24(32)30(34)19(2)15-23-22-12-11-20-16-21(37-38(8,9)27(3,4)5)13-14-28(20,6)31(22)25(36-31)17-29(23,30)7/h11,13-14,16,19,22-23,25,34H,10,12,15,17-18H2,1-9H3/t19-,22+,23+,25+,28+,29+,30+,31-/m1/s1. The molecule has 5 aliphatic rings. The molecule has 1 N–H and O–H groups in total. The van der Waals surface area contributed by atoms with Crippen molar-refractivity contribution in [1.82, 2.24) is 0 Å². The number of rotatable bonds is 6.